The van der Waals surface area contributed by atoms with Gasteiger partial charge in [-0.1, -0.05) is 6.07 Å². The fourth-order valence-electron chi connectivity index (χ4n) is 2.63. The van der Waals surface area contributed by atoms with Crippen LogP contribution in [0.1, 0.15) is 26.3 Å². The summed E-state index contributed by atoms with van der Waals surface area (Å²) in [5, 5.41) is 10.9. The maximum absolute atomic E-state index is 12.6. The van der Waals surface area contributed by atoms with Gasteiger partial charge >= 0.3 is 0 Å². The van der Waals surface area contributed by atoms with Gasteiger partial charge in [-0.05, 0) is 36.2 Å². The van der Waals surface area contributed by atoms with Crippen molar-refractivity contribution in [1.82, 2.24) is 0 Å². The Labute approximate surface area is 131 Å². The van der Waals surface area contributed by atoms with Crippen LogP contribution in [-0.2, 0) is 6.42 Å². The van der Waals surface area contributed by atoms with Gasteiger partial charge in [-0.3, -0.25) is 19.7 Å². The molecule has 0 fully saturated rings. The number of rotatable bonds is 3. The van der Waals surface area contributed by atoms with Crippen LogP contribution in [0.4, 0.5) is 11.4 Å². The van der Waals surface area contributed by atoms with Gasteiger partial charge in [-0.15, -0.1) is 0 Å². The van der Waals surface area contributed by atoms with Crippen LogP contribution in [0.15, 0.2) is 42.5 Å². The molecule has 3 rings (SSSR count). The lowest BCUT2D eigenvalue weighted by Crippen LogP contribution is -2.29. The zero-order valence-corrected chi connectivity index (χ0v) is 12.1. The number of anilines is 1. The van der Waals surface area contributed by atoms with Gasteiger partial charge in [0.2, 0.25) is 5.91 Å². The Kier molecular flexibility index (Phi) is 3.53. The summed E-state index contributed by atoms with van der Waals surface area (Å²) in [6.07, 6.45) is 0.651. The van der Waals surface area contributed by atoms with Crippen molar-refractivity contribution in [2.24, 2.45) is 5.73 Å². The average molecular weight is 311 g/mol. The number of nitro groups is 1. The Balaban J connectivity index is 1.92. The largest absolute Gasteiger partial charge is 0.366 e. The minimum Gasteiger partial charge on any atom is -0.366 e. The van der Waals surface area contributed by atoms with Crippen molar-refractivity contribution in [1.29, 1.82) is 0 Å². The topological polar surface area (TPSA) is 107 Å². The molecule has 0 radical (unpaired) electrons. The van der Waals surface area contributed by atoms with E-state index in [1.807, 2.05) is 0 Å². The average Bonchev–Trinajstić information content (AvgIpc) is 2.97. The zero-order chi connectivity index (χ0) is 16.6. The van der Waals surface area contributed by atoms with Gasteiger partial charge in [0, 0.05) is 29.8 Å². The lowest BCUT2D eigenvalue weighted by atomic mass is 10.1. The second kappa shape index (κ2) is 5.53. The minimum atomic E-state index is -0.564. The van der Waals surface area contributed by atoms with Crippen LogP contribution in [0.2, 0.25) is 0 Å². The first-order valence-corrected chi connectivity index (χ1v) is 6.96. The predicted molar refractivity (Wildman–Crippen MR) is 83.4 cm³/mol. The SMILES string of the molecule is NC(=O)c1ccc(C(=O)N2CCc3ccc([N+](=O)[O-])cc32)cc1. The number of benzene rings is 2. The Morgan fingerprint density at radius 1 is 1.09 bits per heavy atom. The van der Waals surface area contributed by atoms with Crippen molar-refractivity contribution in [3.05, 3.63) is 69.3 Å². The maximum atomic E-state index is 12.6. The van der Waals surface area contributed by atoms with Crippen molar-refractivity contribution >= 4 is 23.2 Å². The highest BCUT2D eigenvalue weighted by Gasteiger charge is 2.27. The summed E-state index contributed by atoms with van der Waals surface area (Å²) in [6.45, 7) is 0.465. The number of nitrogens with zero attached hydrogens (tertiary/aromatic N) is 2. The third-order valence-electron chi connectivity index (χ3n) is 3.84. The number of carbonyl (C=O) groups excluding carboxylic acids is 2. The molecular weight excluding hydrogens is 298 g/mol. The van der Waals surface area contributed by atoms with E-state index in [1.165, 1.54) is 41.3 Å². The second-order valence-corrected chi connectivity index (χ2v) is 5.22. The van der Waals surface area contributed by atoms with Crippen molar-refractivity contribution in [3.63, 3.8) is 0 Å². The number of hydrogen-bond acceptors (Lipinski definition) is 4. The van der Waals surface area contributed by atoms with E-state index >= 15 is 0 Å². The third kappa shape index (κ3) is 2.64. The highest BCUT2D eigenvalue weighted by molar-refractivity contribution is 6.08. The number of fused-ring (bicyclic) bond motifs is 1. The summed E-state index contributed by atoms with van der Waals surface area (Å²) in [5.74, 6) is -0.827. The molecule has 1 aliphatic heterocycles. The molecule has 1 aliphatic rings. The monoisotopic (exact) mass is 311 g/mol. The van der Waals surface area contributed by atoms with E-state index in [0.29, 0.717) is 29.8 Å². The molecule has 0 bridgehead atoms. The number of amides is 2. The number of nitro benzene ring substituents is 1. The molecule has 23 heavy (non-hydrogen) atoms. The van der Waals surface area contributed by atoms with Gasteiger partial charge < -0.3 is 10.6 Å². The molecular formula is C16H13N3O4. The Bertz CT molecular complexity index is 815. The van der Waals surface area contributed by atoms with E-state index in [-0.39, 0.29) is 11.6 Å². The molecule has 0 saturated heterocycles. The van der Waals surface area contributed by atoms with E-state index in [0.717, 1.165) is 5.56 Å². The molecule has 2 amide bonds. The smallest absolute Gasteiger partial charge is 0.271 e. The van der Waals surface area contributed by atoms with Gasteiger partial charge in [0.15, 0.2) is 0 Å². The van der Waals surface area contributed by atoms with Crippen LogP contribution in [0.3, 0.4) is 0 Å². The molecule has 0 atom stereocenters. The molecule has 2 aromatic carbocycles. The Morgan fingerprint density at radius 2 is 1.74 bits per heavy atom. The van der Waals surface area contributed by atoms with Crippen molar-refractivity contribution in [2.75, 3.05) is 11.4 Å². The van der Waals surface area contributed by atoms with Crippen molar-refractivity contribution in [3.8, 4) is 0 Å². The normalized spacial score (nSPS) is 12.8. The standard InChI is InChI=1S/C16H13N3O4/c17-15(20)11-1-3-12(4-2-11)16(21)18-8-7-10-5-6-13(19(22)23)9-14(10)18/h1-6,9H,7-8H2,(H2,17,20). The minimum absolute atomic E-state index is 0.0486. The molecule has 0 aliphatic carbocycles. The van der Waals surface area contributed by atoms with Gasteiger partial charge in [0.05, 0.1) is 10.6 Å². The zero-order valence-electron chi connectivity index (χ0n) is 12.1. The van der Waals surface area contributed by atoms with Crippen LogP contribution in [-0.4, -0.2) is 23.3 Å². The first-order valence-electron chi connectivity index (χ1n) is 6.96. The van der Waals surface area contributed by atoms with E-state index < -0.39 is 10.8 Å². The lowest BCUT2D eigenvalue weighted by Gasteiger charge is -2.17. The fourth-order valence-corrected chi connectivity index (χ4v) is 2.63. The van der Waals surface area contributed by atoms with Gasteiger partial charge in [0.25, 0.3) is 11.6 Å². The maximum Gasteiger partial charge on any atom is 0.271 e. The highest BCUT2D eigenvalue weighted by atomic mass is 16.6. The number of hydrogen-bond donors (Lipinski definition) is 1. The summed E-state index contributed by atoms with van der Waals surface area (Å²) in [5.41, 5.74) is 7.30. The van der Waals surface area contributed by atoms with Crippen LogP contribution < -0.4 is 10.6 Å². The molecule has 7 nitrogen and oxygen atoms in total. The van der Waals surface area contributed by atoms with Crippen molar-refractivity contribution < 1.29 is 14.5 Å². The molecule has 116 valence electrons. The number of nitrogens with two attached hydrogens (primary N) is 1. The van der Waals surface area contributed by atoms with Crippen molar-refractivity contribution in [2.45, 2.75) is 6.42 Å². The fraction of sp³-hybridized carbons (Fsp3) is 0.125. The van der Waals surface area contributed by atoms with E-state index in [1.54, 1.807) is 6.07 Å². The van der Waals surface area contributed by atoms with Crippen LogP contribution in [0.25, 0.3) is 0 Å². The summed E-state index contributed by atoms with van der Waals surface area (Å²) in [7, 11) is 0. The molecule has 1 heterocycles. The van der Waals surface area contributed by atoms with Gasteiger partial charge in [-0.25, -0.2) is 0 Å². The molecule has 0 saturated carbocycles. The molecule has 0 unspecified atom stereocenters. The first kappa shape index (κ1) is 14.7. The summed E-state index contributed by atoms with van der Waals surface area (Å²) in [4.78, 5) is 35.6. The summed E-state index contributed by atoms with van der Waals surface area (Å²) >= 11 is 0. The number of carbonyl (C=O) groups is 2. The predicted octanol–water partition coefficient (Wildman–Crippen LogP) is 1.90. The molecule has 2 aromatic rings. The number of primary amides is 1. The summed E-state index contributed by atoms with van der Waals surface area (Å²) in [6, 6.07) is 10.6. The Morgan fingerprint density at radius 3 is 2.35 bits per heavy atom. The number of non-ortho nitro benzene ring substituents is 1. The van der Waals surface area contributed by atoms with E-state index in [4.69, 9.17) is 5.73 Å². The van der Waals surface area contributed by atoms with Crippen LogP contribution in [0, 0.1) is 10.1 Å². The van der Waals surface area contributed by atoms with E-state index in [9.17, 15) is 19.7 Å². The van der Waals surface area contributed by atoms with Crippen LogP contribution >= 0.6 is 0 Å². The highest BCUT2D eigenvalue weighted by Crippen LogP contribution is 2.32. The Hall–Kier alpha value is -3.22. The molecule has 2 N–H and O–H groups in total. The van der Waals surface area contributed by atoms with Crippen LogP contribution in [0.5, 0.6) is 0 Å². The quantitative estimate of drug-likeness (QED) is 0.690. The second-order valence-electron chi connectivity index (χ2n) is 5.22. The molecule has 0 spiro atoms. The van der Waals surface area contributed by atoms with Gasteiger partial charge in [-0.2, -0.15) is 0 Å². The van der Waals surface area contributed by atoms with E-state index in [2.05, 4.69) is 0 Å². The lowest BCUT2D eigenvalue weighted by molar-refractivity contribution is -0.384. The summed E-state index contributed by atoms with van der Waals surface area (Å²) < 4.78 is 0. The first-order chi connectivity index (χ1) is 11.0. The molecule has 0 aromatic heterocycles. The van der Waals surface area contributed by atoms with Gasteiger partial charge in [0.1, 0.15) is 0 Å². The third-order valence-corrected chi connectivity index (χ3v) is 3.84. The molecule has 7 heteroatoms.